The molecule has 1 aromatic rings. The van der Waals surface area contributed by atoms with Crippen molar-refractivity contribution in [2.24, 2.45) is 0 Å². The van der Waals surface area contributed by atoms with E-state index in [2.05, 4.69) is 5.32 Å². The number of alkyl carbamates (subject to hydrolysis) is 1. The summed E-state index contributed by atoms with van der Waals surface area (Å²) in [7, 11) is 0. The van der Waals surface area contributed by atoms with Crippen molar-refractivity contribution in [2.45, 2.75) is 45.4 Å². The molecule has 0 radical (unpaired) electrons. The number of hydrogen-bond acceptors (Lipinski definition) is 5. The van der Waals surface area contributed by atoms with E-state index in [4.69, 9.17) is 4.74 Å². The van der Waals surface area contributed by atoms with Gasteiger partial charge in [-0.15, -0.1) is 0 Å². The maximum absolute atomic E-state index is 11.6. The number of nitrogens with one attached hydrogen (secondary N) is 1. The van der Waals surface area contributed by atoms with E-state index in [1.165, 1.54) is 25.1 Å². The number of ether oxygens (including phenoxy) is 1. The number of non-ortho nitro benzene ring substituents is 1. The number of nitro groups is 1. The molecule has 7 nitrogen and oxygen atoms in total. The van der Waals surface area contributed by atoms with E-state index >= 15 is 0 Å². The molecule has 0 spiro atoms. The highest BCUT2D eigenvalue weighted by molar-refractivity contribution is 5.68. The predicted octanol–water partition coefficient (Wildman–Crippen LogP) is 2.37. The minimum absolute atomic E-state index is 0.0217. The fraction of sp³-hybridized carbons (Fsp3) is 0.500. The number of carbonyl (C=O) groups is 1. The van der Waals surface area contributed by atoms with E-state index < -0.39 is 22.3 Å². The lowest BCUT2D eigenvalue weighted by Gasteiger charge is -2.27. The first kappa shape index (κ1) is 16.9. The summed E-state index contributed by atoms with van der Waals surface area (Å²) in [4.78, 5) is 21.8. The second kappa shape index (κ2) is 6.09. The number of hydrogen-bond donors (Lipinski definition) is 2. The number of rotatable bonds is 4. The fourth-order valence-corrected chi connectivity index (χ4v) is 1.75. The highest BCUT2D eigenvalue weighted by atomic mass is 16.6. The van der Waals surface area contributed by atoms with Gasteiger partial charge in [0.05, 0.1) is 4.92 Å². The predicted molar refractivity (Wildman–Crippen MR) is 76.8 cm³/mol. The first-order valence-corrected chi connectivity index (χ1v) is 6.45. The molecule has 0 aliphatic heterocycles. The Morgan fingerprint density at radius 1 is 1.38 bits per heavy atom. The van der Waals surface area contributed by atoms with Gasteiger partial charge in [0, 0.05) is 18.6 Å². The van der Waals surface area contributed by atoms with Gasteiger partial charge < -0.3 is 9.84 Å². The van der Waals surface area contributed by atoms with Crippen LogP contribution in [-0.4, -0.2) is 27.4 Å². The van der Waals surface area contributed by atoms with Crippen molar-refractivity contribution in [3.63, 3.8) is 0 Å². The summed E-state index contributed by atoms with van der Waals surface area (Å²) in [5.74, 6) is 0. The lowest BCUT2D eigenvalue weighted by molar-refractivity contribution is -0.384. The van der Waals surface area contributed by atoms with Gasteiger partial charge in [-0.25, -0.2) is 4.79 Å². The van der Waals surface area contributed by atoms with Crippen LogP contribution in [0.25, 0.3) is 0 Å². The number of nitro benzene ring substituents is 1. The largest absolute Gasteiger partial charge is 0.444 e. The smallest absolute Gasteiger partial charge is 0.409 e. The van der Waals surface area contributed by atoms with Gasteiger partial charge in [-0.2, -0.15) is 0 Å². The van der Waals surface area contributed by atoms with Crippen LogP contribution in [0.1, 0.15) is 33.3 Å². The van der Waals surface area contributed by atoms with Crippen LogP contribution in [0, 0.1) is 10.1 Å². The van der Waals surface area contributed by atoms with Gasteiger partial charge in [0.1, 0.15) is 11.3 Å². The monoisotopic (exact) mass is 296 g/mol. The fourth-order valence-electron chi connectivity index (χ4n) is 1.75. The van der Waals surface area contributed by atoms with Crippen LogP contribution in [0.3, 0.4) is 0 Å². The average molecular weight is 296 g/mol. The van der Waals surface area contributed by atoms with Crippen LogP contribution < -0.4 is 5.32 Å². The molecule has 0 bridgehead atoms. The number of nitrogens with zero attached hydrogens (tertiary/aromatic N) is 1. The van der Waals surface area contributed by atoms with Gasteiger partial charge in [0.15, 0.2) is 0 Å². The van der Waals surface area contributed by atoms with Crippen LogP contribution in [0.4, 0.5) is 10.5 Å². The minimum Gasteiger partial charge on any atom is -0.444 e. The van der Waals surface area contributed by atoms with E-state index in [-0.39, 0.29) is 12.1 Å². The molecule has 2 N–H and O–H groups in total. The van der Waals surface area contributed by atoms with Gasteiger partial charge in [-0.3, -0.25) is 15.4 Å². The zero-order valence-corrected chi connectivity index (χ0v) is 12.5. The zero-order chi connectivity index (χ0) is 16.3. The molecule has 1 atom stereocenters. The molecule has 1 aromatic carbocycles. The number of aliphatic hydroxyl groups is 1. The first-order chi connectivity index (χ1) is 9.48. The highest BCUT2D eigenvalue weighted by Crippen LogP contribution is 2.17. The molecule has 0 saturated heterocycles. The molecule has 0 aliphatic carbocycles. The summed E-state index contributed by atoms with van der Waals surface area (Å²) in [5.41, 5.74) is -1.78. The van der Waals surface area contributed by atoms with Crippen LogP contribution in [0.5, 0.6) is 0 Å². The normalized spacial score (nSPS) is 14.1. The molecular weight excluding hydrogens is 276 g/mol. The van der Waals surface area contributed by atoms with Crippen molar-refractivity contribution in [3.05, 3.63) is 39.9 Å². The third kappa shape index (κ3) is 6.22. The lowest BCUT2D eigenvalue weighted by Crippen LogP contribution is -2.49. The quantitative estimate of drug-likeness (QED) is 0.504. The third-order valence-corrected chi connectivity index (χ3v) is 2.44. The molecule has 0 aliphatic rings. The summed E-state index contributed by atoms with van der Waals surface area (Å²) in [6, 6.07) is 5.88. The van der Waals surface area contributed by atoms with Gasteiger partial charge >= 0.3 is 6.09 Å². The molecule has 21 heavy (non-hydrogen) atoms. The second-order valence-corrected chi connectivity index (χ2v) is 6.00. The Hall–Kier alpha value is -2.15. The highest BCUT2D eigenvalue weighted by Gasteiger charge is 2.27. The van der Waals surface area contributed by atoms with Crippen molar-refractivity contribution in [2.75, 3.05) is 0 Å². The molecule has 1 rings (SSSR count). The SMILES string of the molecule is CC(C)(C)OC(=O)N[C@@](C)(O)Cc1cccc([N+](=O)[O-])c1. The minimum atomic E-state index is -1.57. The molecule has 0 heterocycles. The Morgan fingerprint density at radius 3 is 2.52 bits per heavy atom. The number of carbonyl (C=O) groups excluding carboxylic acids is 1. The Kier molecular flexibility index (Phi) is 4.90. The summed E-state index contributed by atoms with van der Waals surface area (Å²) in [5, 5.41) is 23.2. The van der Waals surface area contributed by atoms with Crippen molar-refractivity contribution >= 4 is 11.8 Å². The van der Waals surface area contributed by atoms with Crippen molar-refractivity contribution in [3.8, 4) is 0 Å². The Labute approximate surface area is 123 Å². The first-order valence-electron chi connectivity index (χ1n) is 6.45. The third-order valence-electron chi connectivity index (χ3n) is 2.44. The number of amides is 1. The standard InChI is InChI=1S/C14H20N2O5/c1-13(2,3)21-12(17)15-14(4,18)9-10-6-5-7-11(8-10)16(19)20/h5-8,18H,9H2,1-4H3,(H,15,17)/t14-/m0/s1. The molecule has 0 saturated carbocycles. The molecule has 0 unspecified atom stereocenters. The lowest BCUT2D eigenvalue weighted by atomic mass is 10.0. The van der Waals surface area contributed by atoms with Crippen LogP contribution in [0.2, 0.25) is 0 Å². The van der Waals surface area contributed by atoms with Crippen LogP contribution >= 0.6 is 0 Å². The summed E-state index contributed by atoms with van der Waals surface area (Å²) >= 11 is 0. The zero-order valence-electron chi connectivity index (χ0n) is 12.5. The molecule has 1 amide bonds. The van der Waals surface area contributed by atoms with E-state index in [0.29, 0.717) is 5.56 Å². The topological polar surface area (TPSA) is 102 Å². The van der Waals surface area contributed by atoms with Crippen molar-refractivity contribution < 1.29 is 19.6 Å². The van der Waals surface area contributed by atoms with E-state index in [1.807, 2.05) is 0 Å². The van der Waals surface area contributed by atoms with Crippen molar-refractivity contribution in [1.29, 1.82) is 0 Å². The van der Waals surface area contributed by atoms with Crippen LogP contribution in [0.15, 0.2) is 24.3 Å². The Bertz CT molecular complexity index is 534. The van der Waals surface area contributed by atoms with Gasteiger partial charge in [0.25, 0.3) is 5.69 Å². The molecular formula is C14H20N2O5. The number of benzene rings is 1. The van der Waals surface area contributed by atoms with Gasteiger partial charge in [-0.1, -0.05) is 12.1 Å². The maximum atomic E-state index is 11.6. The molecule has 0 aromatic heterocycles. The Balaban J connectivity index is 2.74. The Morgan fingerprint density at radius 2 is 2.00 bits per heavy atom. The summed E-state index contributed by atoms with van der Waals surface area (Å²) in [6.07, 6.45) is -0.730. The summed E-state index contributed by atoms with van der Waals surface area (Å²) < 4.78 is 5.05. The van der Waals surface area contributed by atoms with E-state index in [0.717, 1.165) is 0 Å². The van der Waals surface area contributed by atoms with Gasteiger partial charge in [-0.05, 0) is 33.3 Å². The molecule has 0 fully saturated rings. The molecule has 116 valence electrons. The van der Waals surface area contributed by atoms with Gasteiger partial charge in [0.2, 0.25) is 0 Å². The second-order valence-electron chi connectivity index (χ2n) is 6.00. The van der Waals surface area contributed by atoms with Crippen LogP contribution in [-0.2, 0) is 11.2 Å². The van der Waals surface area contributed by atoms with Crippen molar-refractivity contribution in [1.82, 2.24) is 5.32 Å². The average Bonchev–Trinajstić information content (AvgIpc) is 2.24. The maximum Gasteiger partial charge on any atom is 0.409 e. The summed E-state index contributed by atoms with van der Waals surface area (Å²) in [6.45, 7) is 6.53. The molecule has 7 heteroatoms. The van der Waals surface area contributed by atoms with E-state index in [9.17, 15) is 20.0 Å². The van der Waals surface area contributed by atoms with E-state index in [1.54, 1.807) is 26.8 Å².